The van der Waals surface area contributed by atoms with Crippen LogP contribution in [0.25, 0.3) is 10.9 Å². The van der Waals surface area contributed by atoms with E-state index in [-0.39, 0.29) is 18.0 Å². The number of nitrogens with one attached hydrogen (secondary N) is 1. The molecule has 0 unspecified atom stereocenters. The SMILES string of the molecule is CCn1ccc2c(ccn2CC(=O)Nc2ccc(Cl)cn2)c1=O. The van der Waals surface area contributed by atoms with Crippen molar-refractivity contribution in [2.24, 2.45) is 0 Å². The summed E-state index contributed by atoms with van der Waals surface area (Å²) in [5.74, 6) is 0.209. The highest BCUT2D eigenvalue weighted by Crippen LogP contribution is 2.13. The van der Waals surface area contributed by atoms with Gasteiger partial charge in [0.05, 0.1) is 15.9 Å². The summed E-state index contributed by atoms with van der Waals surface area (Å²) in [5, 5.41) is 3.81. The van der Waals surface area contributed by atoms with Crippen molar-refractivity contribution in [2.75, 3.05) is 5.32 Å². The minimum atomic E-state index is -0.225. The zero-order valence-electron chi connectivity index (χ0n) is 12.5. The van der Waals surface area contributed by atoms with Crippen LogP contribution in [0.4, 0.5) is 5.82 Å². The van der Waals surface area contributed by atoms with Gasteiger partial charge in [-0.3, -0.25) is 9.59 Å². The van der Waals surface area contributed by atoms with Crippen molar-refractivity contribution in [3.8, 4) is 0 Å². The van der Waals surface area contributed by atoms with Crippen LogP contribution in [-0.2, 0) is 17.9 Å². The number of amides is 1. The summed E-state index contributed by atoms with van der Waals surface area (Å²) in [7, 11) is 0. The molecule has 3 rings (SSSR count). The molecule has 0 aliphatic carbocycles. The van der Waals surface area contributed by atoms with Crippen LogP contribution in [0.1, 0.15) is 6.92 Å². The van der Waals surface area contributed by atoms with E-state index in [1.165, 1.54) is 6.20 Å². The number of pyridine rings is 2. The Morgan fingerprint density at radius 1 is 1.22 bits per heavy atom. The molecule has 3 aromatic heterocycles. The molecule has 3 heterocycles. The summed E-state index contributed by atoms with van der Waals surface area (Å²) in [6.45, 7) is 2.63. The number of carbonyl (C=O) groups is 1. The first-order valence-electron chi connectivity index (χ1n) is 7.18. The van der Waals surface area contributed by atoms with Crippen molar-refractivity contribution >= 4 is 34.2 Å². The Morgan fingerprint density at radius 3 is 2.70 bits per heavy atom. The molecule has 3 aromatic rings. The van der Waals surface area contributed by atoms with Gasteiger partial charge >= 0.3 is 0 Å². The lowest BCUT2D eigenvalue weighted by Gasteiger charge is -2.07. The Hall–Kier alpha value is -2.60. The largest absolute Gasteiger partial charge is 0.338 e. The molecule has 1 amide bonds. The van der Waals surface area contributed by atoms with Crippen LogP contribution in [0.3, 0.4) is 0 Å². The van der Waals surface area contributed by atoms with Crippen LogP contribution in [0, 0.1) is 0 Å². The summed E-state index contributed by atoms with van der Waals surface area (Å²) in [5.41, 5.74) is 0.683. The fourth-order valence-electron chi connectivity index (χ4n) is 2.41. The number of rotatable bonds is 4. The van der Waals surface area contributed by atoms with Gasteiger partial charge in [-0.05, 0) is 31.2 Å². The summed E-state index contributed by atoms with van der Waals surface area (Å²) >= 11 is 5.76. The maximum absolute atomic E-state index is 12.2. The third-order valence-corrected chi connectivity index (χ3v) is 3.78. The van der Waals surface area contributed by atoms with E-state index in [4.69, 9.17) is 11.6 Å². The van der Waals surface area contributed by atoms with Crippen molar-refractivity contribution in [2.45, 2.75) is 20.0 Å². The number of carbonyl (C=O) groups excluding carboxylic acids is 1. The van der Waals surface area contributed by atoms with Crippen LogP contribution in [0.15, 0.2) is 47.7 Å². The quantitative estimate of drug-likeness (QED) is 0.799. The highest BCUT2D eigenvalue weighted by molar-refractivity contribution is 6.30. The lowest BCUT2D eigenvalue weighted by molar-refractivity contribution is -0.116. The van der Waals surface area contributed by atoms with Crippen LogP contribution in [-0.4, -0.2) is 20.0 Å². The van der Waals surface area contributed by atoms with Gasteiger partial charge in [-0.25, -0.2) is 4.98 Å². The van der Waals surface area contributed by atoms with Crippen LogP contribution < -0.4 is 10.9 Å². The van der Waals surface area contributed by atoms with Gasteiger partial charge in [0.25, 0.3) is 5.56 Å². The Kier molecular flexibility index (Phi) is 4.16. The summed E-state index contributed by atoms with van der Waals surface area (Å²) < 4.78 is 3.37. The molecule has 6 nitrogen and oxygen atoms in total. The van der Waals surface area contributed by atoms with Crippen molar-refractivity contribution in [1.29, 1.82) is 0 Å². The van der Waals surface area contributed by atoms with E-state index in [0.717, 1.165) is 5.52 Å². The summed E-state index contributed by atoms with van der Waals surface area (Å²) in [6.07, 6.45) is 4.94. The van der Waals surface area contributed by atoms with E-state index in [2.05, 4.69) is 10.3 Å². The predicted octanol–water partition coefficient (Wildman–Crippen LogP) is 2.51. The molecule has 0 atom stereocenters. The monoisotopic (exact) mass is 330 g/mol. The number of aryl methyl sites for hydroxylation is 1. The second-order valence-corrected chi connectivity index (χ2v) is 5.50. The number of aromatic nitrogens is 3. The number of fused-ring (bicyclic) bond motifs is 1. The Balaban J connectivity index is 1.81. The third-order valence-electron chi connectivity index (χ3n) is 3.56. The Labute approximate surface area is 137 Å². The van der Waals surface area contributed by atoms with E-state index in [1.807, 2.05) is 13.0 Å². The van der Waals surface area contributed by atoms with Crippen molar-refractivity contribution in [3.63, 3.8) is 0 Å². The average Bonchev–Trinajstić information content (AvgIpc) is 2.94. The highest BCUT2D eigenvalue weighted by Gasteiger charge is 2.10. The number of anilines is 1. The minimum Gasteiger partial charge on any atom is -0.338 e. The van der Waals surface area contributed by atoms with Crippen molar-refractivity contribution < 1.29 is 4.79 Å². The molecule has 0 radical (unpaired) electrons. The second kappa shape index (κ2) is 6.26. The molecule has 0 saturated heterocycles. The molecule has 0 fully saturated rings. The van der Waals surface area contributed by atoms with Gasteiger partial charge in [0.15, 0.2) is 0 Å². The first-order valence-corrected chi connectivity index (χ1v) is 7.56. The molecule has 0 spiro atoms. The molecular formula is C16H15ClN4O2. The maximum atomic E-state index is 12.2. The second-order valence-electron chi connectivity index (χ2n) is 5.06. The molecule has 1 N–H and O–H groups in total. The first kappa shape index (κ1) is 15.3. The number of hydrogen-bond donors (Lipinski definition) is 1. The van der Waals surface area contributed by atoms with E-state index in [0.29, 0.717) is 22.8 Å². The molecule has 0 aliphatic rings. The fraction of sp³-hybridized carbons (Fsp3) is 0.188. The fourth-order valence-corrected chi connectivity index (χ4v) is 2.52. The molecule has 0 aromatic carbocycles. The number of halogens is 1. The average molecular weight is 331 g/mol. The number of nitrogens with zero attached hydrogens (tertiary/aromatic N) is 3. The van der Waals surface area contributed by atoms with Gasteiger partial charge in [0.2, 0.25) is 5.91 Å². The third kappa shape index (κ3) is 3.12. The van der Waals surface area contributed by atoms with Gasteiger partial charge in [-0.2, -0.15) is 0 Å². The van der Waals surface area contributed by atoms with Crippen molar-refractivity contribution in [1.82, 2.24) is 14.1 Å². The smallest absolute Gasteiger partial charge is 0.259 e. The lowest BCUT2D eigenvalue weighted by atomic mass is 10.3. The molecule has 0 saturated carbocycles. The van der Waals surface area contributed by atoms with Gasteiger partial charge in [0.1, 0.15) is 12.4 Å². The summed E-state index contributed by atoms with van der Waals surface area (Å²) in [6, 6.07) is 6.86. The minimum absolute atomic E-state index is 0.0523. The standard InChI is InChI=1S/C16H15ClN4O2/c1-2-20-8-6-13-12(16(20)23)5-7-21(13)10-15(22)19-14-4-3-11(17)9-18-14/h3-9H,2,10H2,1H3,(H,18,19,22). The lowest BCUT2D eigenvalue weighted by Crippen LogP contribution is -2.20. The van der Waals surface area contributed by atoms with Gasteiger partial charge in [-0.1, -0.05) is 11.6 Å². The van der Waals surface area contributed by atoms with Crippen LogP contribution in [0.5, 0.6) is 0 Å². The van der Waals surface area contributed by atoms with E-state index in [9.17, 15) is 9.59 Å². The molecular weight excluding hydrogens is 316 g/mol. The zero-order valence-corrected chi connectivity index (χ0v) is 13.2. The zero-order chi connectivity index (χ0) is 16.4. The van der Waals surface area contributed by atoms with Gasteiger partial charge < -0.3 is 14.5 Å². The first-order chi connectivity index (χ1) is 11.1. The summed E-state index contributed by atoms with van der Waals surface area (Å²) in [4.78, 5) is 28.4. The maximum Gasteiger partial charge on any atom is 0.259 e. The van der Waals surface area contributed by atoms with Gasteiger partial charge in [-0.15, -0.1) is 0 Å². The highest BCUT2D eigenvalue weighted by atomic mass is 35.5. The van der Waals surface area contributed by atoms with Crippen molar-refractivity contribution in [3.05, 3.63) is 58.2 Å². The number of hydrogen-bond acceptors (Lipinski definition) is 3. The molecule has 118 valence electrons. The topological polar surface area (TPSA) is 68.9 Å². The van der Waals surface area contributed by atoms with Crippen LogP contribution >= 0.6 is 11.6 Å². The van der Waals surface area contributed by atoms with E-state index >= 15 is 0 Å². The molecule has 7 heteroatoms. The predicted molar refractivity (Wildman–Crippen MR) is 89.7 cm³/mol. The Bertz CT molecular complexity index is 912. The van der Waals surface area contributed by atoms with E-state index in [1.54, 1.807) is 39.7 Å². The normalized spacial score (nSPS) is 10.9. The Morgan fingerprint density at radius 2 is 2.00 bits per heavy atom. The molecule has 0 bridgehead atoms. The van der Waals surface area contributed by atoms with E-state index < -0.39 is 0 Å². The van der Waals surface area contributed by atoms with Gasteiger partial charge in [0, 0.05) is 25.1 Å². The molecule has 23 heavy (non-hydrogen) atoms. The molecule has 0 aliphatic heterocycles. The van der Waals surface area contributed by atoms with Crippen LogP contribution in [0.2, 0.25) is 5.02 Å².